The van der Waals surface area contributed by atoms with Crippen molar-refractivity contribution in [1.82, 2.24) is 14.5 Å². The second-order valence-electron chi connectivity index (χ2n) is 6.72. The molecule has 1 saturated heterocycles. The summed E-state index contributed by atoms with van der Waals surface area (Å²) in [5.41, 5.74) is 0.344. The second-order valence-corrected chi connectivity index (χ2v) is 9.51. The fraction of sp³-hybridized carbons (Fsp3) is 0.588. The molecular formula is C17H26BrN3O3S. The van der Waals surface area contributed by atoms with Crippen LogP contribution in [-0.2, 0) is 10.0 Å². The van der Waals surface area contributed by atoms with Gasteiger partial charge in [0, 0.05) is 23.6 Å². The second kappa shape index (κ2) is 8.62. The van der Waals surface area contributed by atoms with Gasteiger partial charge in [0.15, 0.2) is 0 Å². The third kappa shape index (κ3) is 5.26. The molecule has 1 unspecified atom stereocenters. The number of nitrogens with one attached hydrogen (secondary N) is 1. The van der Waals surface area contributed by atoms with Gasteiger partial charge in [-0.1, -0.05) is 0 Å². The van der Waals surface area contributed by atoms with E-state index in [2.05, 4.69) is 26.1 Å². The van der Waals surface area contributed by atoms with E-state index >= 15 is 0 Å². The molecule has 0 aliphatic carbocycles. The third-order valence-corrected chi connectivity index (χ3v) is 6.86. The summed E-state index contributed by atoms with van der Waals surface area (Å²) in [6.45, 7) is 3.90. The maximum atomic E-state index is 12.7. The van der Waals surface area contributed by atoms with Gasteiger partial charge in [0.2, 0.25) is 10.0 Å². The Morgan fingerprint density at radius 1 is 1.32 bits per heavy atom. The Morgan fingerprint density at radius 3 is 2.56 bits per heavy atom. The Labute approximate surface area is 158 Å². The molecule has 2 rings (SSSR count). The summed E-state index contributed by atoms with van der Waals surface area (Å²) in [7, 11) is 0.432. The molecule has 0 saturated carbocycles. The van der Waals surface area contributed by atoms with Gasteiger partial charge in [-0.25, -0.2) is 8.42 Å². The number of benzene rings is 1. The molecule has 1 atom stereocenters. The van der Waals surface area contributed by atoms with Crippen LogP contribution in [0.25, 0.3) is 0 Å². The number of hydrogen-bond acceptors (Lipinski definition) is 4. The lowest BCUT2D eigenvalue weighted by atomic mass is 10.1. The lowest BCUT2D eigenvalue weighted by Crippen LogP contribution is -2.35. The van der Waals surface area contributed by atoms with Gasteiger partial charge in [0.05, 0.1) is 10.5 Å². The zero-order valence-corrected chi connectivity index (χ0v) is 17.4. The van der Waals surface area contributed by atoms with E-state index in [1.807, 2.05) is 21.0 Å². The molecule has 1 aliphatic heterocycles. The summed E-state index contributed by atoms with van der Waals surface area (Å²) in [5, 5.41) is 2.94. The third-order valence-electron chi connectivity index (χ3n) is 4.27. The zero-order chi connectivity index (χ0) is 18.6. The van der Waals surface area contributed by atoms with Crippen molar-refractivity contribution in [1.29, 1.82) is 0 Å². The molecule has 140 valence electrons. The SMILES string of the molecule is CC(CCN(C)C)NC(=O)c1cc(S(=O)(=O)N2CCCC2)ccc1Br. The maximum absolute atomic E-state index is 12.7. The lowest BCUT2D eigenvalue weighted by molar-refractivity contribution is 0.0935. The van der Waals surface area contributed by atoms with Crippen LogP contribution in [-0.4, -0.2) is 63.3 Å². The van der Waals surface area contributed by atoms with Crippen LogP contribution in [0.15, 0.2) is 27.6 Å². The van der Waals surface area contributed by atoms with Crippen LogP contribution in [0.5, 0.6) is 0 Å². The largest absolute Gasteiger partial charge is 0.350 e. The first-order chi connectivity index (χ1) is 11.7. The van der Waals surface area contributed by atoms with Gasteiger partial charge in [-0.15, -0.1) is 0 Å². The van der Waals surface area contributed by atoms with E-state index in [1.54, 1.807) is 12.1 Å². The van der Waals surface area contributed by atoms with E-state index in [0.29, 0.717) is 23.1 Å². The number of rotatable bonds is 7. The first-order valence-corrected chi connectivity index (χ1v) is 10.7. The fourth-order valence-corrected chi connectivity index (χ4v) is 4.71. The number of nitrogens with zero attached hydrogens (tertiary/aromatic N) is 2. The van der Waals surface area contributed by atoms with Gasteiger partial charge in [0.1, 0.15) is 0 Å². The zero-order valence-electron chi connectivity index (χ0n) is 15.0. The van der Waals surface area contributed by atoms with Crippen molar-refractivity contribution >= 4 is 31.9 Å². The molecular weight excluding hydrogens is 406 g/mol. The number of amides is 1. The van der Waals surface area contributed by atoms with Gasteiger partial charge in [0.25, 0.3) is 5.91 Å². The smallest absolute Gasteiger partial charge is 0.252 e. The van der Waals surface area contributed by atoms with Crippen molar-refractivity contribution in [2.75, 3.05) is 33.7 Å². The summed E-state index contributed by atoms with van der Waals surface area (Å²) in [5.74, 6) is -0.267. The van der Waals surface area contributed by atoms with Crippen molar-refractivity contribution < 1.29 is 13.2 Å². The number of carbonyl (C=O) groups excluding carboxylic acids is 1. The summed E-state index contributed by atoms with van der Waals surface area (Å²) < 4.78 is 27.5. The normalized spacial score (nSPS) is 17.0. The molecule has 1 aromatic carbocycles. The minimum absolute atomic E-state index is 0.000598. The fourth-order valence-electron chi connectivity index (χ4n) is 2.74. The highest BCUT2D eigenvalue weighted by Gasteiger charge is 2.28. The molecule has 1 aliphatic rings. The van der Waals surface area contributed by atoms with Crippen LogP contribution in [0.4, 0.5) is 0 Å². The Balaban J connectivity index is 2.17. The molecule has 0 radical (unpaired) electrons. The van der Waals surface area contributed by atoms with Gasteiger partial charge >= 0.3 is 0 Å². The van der Waals surface area contributed by atoms with E-state index < -0.39 is 10.0 Å². The lowest BCUT2D eigenvalue weighted by Gasteiger charge is -2.18. The predicted molar refractivity (Wildman–Crippen MR) is 102 cm³/mol. The van der Waals surface area contributed by atoms with E-state index in [0.717, 1.165) is 25.8 Å². The molecule has 0 bridgehead atoms. The molecule has 1 N–H and O–H groups in total. The Bertz CT molecular complexity index is 716. The first kappa shape index (κ1) is 20.4. The van der Waals surface area contributed by atoms with Crippen LogP contribution >= 0.6 is 15.9 Å². The van der Waals surface area contributed by atoms with Gasteiger partial charge in [-0.3, -0.25) is 4.79 Å². The highest BCUT2D eigenvalue weighted by atomic mass is 79.9. The molecule has 25 heavy (non-hydrogen) atoms. The van der Waals surface area contributed by atoms with Crippen LogP contribution in [0, 0.1) is 0 Å². The Hall–Kier alpha value is -0.960. The van der Waals surface area contributed by atoms with Crippen molar-refractivity contribution in [3.63, 3.8) is 0 Å². The van der Waals surface area contributed by atoms with E-state index in [4.69, 9.17) is 0 Å². The van der Waals surface area contributed by atoms with Crippen LogP contribution in [0.3, 0.4) is 0 Å². The summed E-state index contributed by atoms with van der Waals surface area (Å²) >= 11 is 3.36. The van der Waals surface area contributed by atoms with Gasteiger partial charge < -0.3 is 10.2 Å². The monoisotopic (exact) mass is 431 g/mol. The van der Waals surface area contributed by atoms with Gasteiger partial charge in [-0.2, -0.15) is 4.31 Å². The van der Waals surface area contributed by atoms with E-state index in [1.165, 1.54) is 10.4 Å². The number of carbonyl (C=O) groups is 1. The standard InChI is InChI=1S/C17H26BrN3O3S/c1-13(8-11-20(2)3)19-17(22)15-12-14(6-7-16(15)18)25(23,24)21-9-4-5-10-21/h6-7,12-13H,4-5,8-11H2,1-3H3,(H,19,22). The molecule has 0 spiro atoms. The molecule has 6 nitrogen and oxygen atoms in total. The Morgan fingerprint density at radius 2 is 1.96 bits per heavy atom. The number of halogens is 1. The molecule has 1 amide bonds. The quantitative estimate of drug-likeness (QED) is 0.718. The van der Waals surface area contributed by atoms with E-state index in [-0.39, 0.29) is 16.8 Å². The summed E-state index contributed by atoms with van der Waals surface area (Å²) in [6, 6.07) is 4.64. The van der Waals surface area contributed by atoms with Crippen molar-refractivity contribution in [2.24, 2.45) is 0 Å². The molecule has 1 fully saturated rings. The molecule has 1 heterocycles. The number of hydrogen-bond donors (Lipinski definition) is 1. The number of sulfonamides is 1. The predicted octanol–water partition coefficient (Wildman–Crippen LogP) is 2.30. The maximum Gasteiger partial charge on any atom is 0.252 e. The van der Waals surface area contributed by atoms with Crippen molar-refractivity contribution in [3.8, 4) is 0 Å². The Kier molecular flexibility index (Phi) is 7.01. The molecule has 0 aromatic heterocycles. The van der Waals surface area contributed by atoms with Crippen LogP contribution in [0.2, 0.25) is 0 Å². The average Bonchev–Trinajstić information content (AvgIpc) is 3.08. The van der Waals surface area contributed by atoms with Crippen molar-refractivity contribution in [3.05, 3.63) is 28.2 Å². The summed E-state index contributed by atoms with van der Waals surface area (Å²) in [6.07, 6.45) is 2.58. The highest BCUT2D eigenvalue weighted by molar-refractivity contribution is 9.10. The van der Waals surface area contributed by atoms with E-state index in [9.17, 15) is 13.2 Å². The topological polar surface area (TPSA) is 69.7 Å². The van der Waals surface area contributed by atoms with Crippen LogP contribution in [0.1, 0.15) is 36.5 Å². The van der Waals surface area contributed by atoms with Crippen molar-refractivity contribution in [2.45, 2.75) is 37.1 Å². The highest BCUT2D eigenvalue weighted by Crippen LogP contribution is 2.25. The minimum atomic E-state index is -3.54. The minimum Gasteiger partial charge on any atom is -0.350 e. The first-order valence-electron chi connectivity index (χ1n) is 8.47. The molecule has 8 heteroatoms. The molecule has 1 aromatic rings. The summed E-state index contributed by atoms with van der Waals surface area (Å²) in [4.78, 5) is 14.8. The van der Waals surface area contributed by atoms with Crippen LogP contribution < -0.4 is 5.32 Å². The van der Waals surface area contributed by atoms with Gasteiger partial charge in [-0.05, 0) is 81.0 Å². The average molecular weight is 432 g/mol.